The molecule has 0 saturated heterocycles. The second-order valence-electron chi connectivity index (χ2n) is 8.38. The van der Waals surface area contributed by atoms with Gasteiger partial charge in [-0.25, -0.2) is 0 Å². The predicted octanol–water partition coefficient (Wildman–Crippen LogP) is 6.98. The summed E-state index contributed by atoms with van der Waals surface area (Å²) in [5.74, 6) is 2.27. The Hall–Kier alpha value is -4.05. The molecule has 0 amide bonds. The van der Waals surface area contributed by atoms with E-state index < -0.39 is 0 Å². The van der Waals surface area contributed by atoms with E-state index in [9.17, 15) is 0 Å². The van der Waals surface area contributed by atoms with Gasteiger partial charge in [-0.1, -0.05) is 42.5 Å². The van der Waals surface area contributed by atoms with Crippen molar-refractivity contribution in [1.82, 2.24) is 4.98 Å². The SMILES string of the molecule is COc1ccc(-c2cc3cc(OC)c(OC)cc3c(Cc3cccc4ccccc34)n2)cc1C. The molecule has 0 radical (unpaired) electrons. The first kappa shape index (κ1) is 21.8. The van der Waals surface area contributed by atoms with Crippen molar-refractivity contribution >= 4 is 21.5 Å². The molecule has 0 spiro atoms. The molecule has 0 aliphatic heterocycles. The highest BCUT2D eigenvalue weighted by Crippen LogP contribution is 2.36. The molecule has 34 heavy (non-hydrogen) atoms. The molecular weight excluding hydrogens is 422 g/mol. The Balaban J connectivity index is 1.73. The lowest BCUT2D eigenvalue weighted by Crippen LogP contribution is -1.99. The summed E-state index contributed by atoms with van der Waals surface area (Å²) in [5, 5.41) is 4.59. The number of methoxy groups -OCH3 is 3. The van der Waals surface area contributed by atoms with Gasteiger partial charge in [-0.15, -0.1) is 0 Å². The first-order chi connectivity index (χ1) is 16.6. The molecule has 5 aromatic rings. The number of aromatic nitrogens is 1. The first-order valence-corrected chi connectivity index (χ1v) is 11.3. The highest BCUT2D eigenvalue weighted by molar-refractivity contribution is 5.92. The molecule has 0 N–H and O–H groups in total. The van der Waals surface area contributed by atoms with Crippen LogP contribution in [-0.4, -0.2) is 26.3 Å². The minimum absolute atomic E-state index is 0.698. The van der Waals surface area contributed by atoms with Gasteiger partial charge in [0, 0.05) is 17.4 Å². The molecule has 0 atom stereocenters. The maximum Gasteiger partial charge on any atom is 0.161 e. The molecule has 1 aromatic heterocycles. The van der Waals surface area contributed by atoms with Crippen molar-refractivity contribution in [3.05, 3.63) is 95.7 Å². The Morgan fingerprint density at radius 3 is 2.15 bits per heavy atom. The second-order valence-corrected chi connectivity index (χ2v) is 8.38. The van der Waals surface area contributed by atoms with Crippen molar-refractivity contribution in [2.24, 2.45) is 0 Å². The third kappa shape index (κ3) is 3.92. The van der Waals surface area contributed by atoms with Crippen molar-refractivity contribution in [2.45, 2.75) is 13.3 Å². The zero-order valence-electron chi connectivity index (χ0n) is 19.9. The zero-order chi connectivity index (χ0) is 23.7. The monoisotopic (exact) mass is 449 g/mol. The summed E-state index contributed by atoms with van der Waals surface area (Å²) in [5.41, 5.74) is 5.28. The molecule has 4 heteroatoms. The molecule has 1 heterocycles. The van der Waals surface area contributed by atoms with Gasteiger partial charge in [-0.2, -0.15) is 0 Å². The fourth-order valence-corrected chi connectivity index (χ4v) is 4.60. The minimum atomic E-state index is 0.698. The number of hydrogen-bond acceptors (Lipinski definition) is 4. The minimum Gasteiger partial charge on any atom is -0.496 e. The van der Waals surface area contributed by atoms with Crippen LogP contribution in [0.15, 0.2) is 78.9 Å². The van der Waals surface area contributed by atoms with E-state index in [2.05, 4.69) is 60.7 Å². The largest absolute Gasteiger partial charge is 0.496 e. The van der Waals surface area contributed by atoms with Gasteiger partial charge in [0.05, 0.1) is 32.7 Å². The van der Waals surface area contributed by atoms with Gasteiger partial charge in [-0.3, -0.25) is 4.98 Å². The first-order valence-electron chi connectivity index (χ1n) is 11.3. The number of hydrogen-bond donors (Lipinski definition) is 0. The zero-order valence-corrected chi connectivity index (χ0v) is 19.9. The number of nitrogens with zero attached hydrogens (tertiary/aromatic N) is 1. The normalized spacial score (nSPS) is 11.1. The smallest absolute Gasteiger partial charge is 0.161 e. The van der Waals surface area contributed by atoms with E-state index in [0.29, 0.717) is 17.9 Å². The van der Waals surface area contributed by atoms with E-state index in [1.165, 1.54) is 16.3 Å². The van der Waals surface area contributed by atoms with E-state index in [4.69, 9.17) is 19.2 Å². The molecule has 0 aliphatic rings. The summed E-state index contributed by atoms with van der Waals surface area (Å²) in [6.45, 7) is 2.05. The van der Waals surface area contributed by atoms with E-state index in [-0.39, 0.29) is 0 Å². The molecule has 170 valence electrons. The van der Waals surface area contributed by atoms with Crippen LogP contribution in [0.2, 0.25) is 0 Å². The van der Waals surface area contributed by atoms with E-state index >= 15 is 0 Å². The van der Waals surface area contributed by atoms with Crippen LogP contribution in [0.5, 0.6) is 17.2 Å². The van der Waals surface area contributed by atoms with Gasteiger partial charge in [0.2, 0.25) is 0 Å². The predicted molar refractivity (Wildman–Crippen MR) is 138 cm³/mol. The van der Waals surface area contributed by atoms with Gasteiger partial charge < -0.3 is 14.2 Å². The molecule has 0 saturated carbocycles. The Kier molecular flexibility index (Phi) is 5.81. The number of aryl methyl sites for hydroxylation is 1. The second kappa shape index (κ2) is 9.06. The van der Waals surface area contributed by atoms with Gasteiger partial charge >= 0.3 is 0 Å². The number of rotatable bonds is 6. The van der Waals surface area contributed by atoms with Gasteiger partial charge in [-0.05, 0) is 70.6 Å². The standard InChI is InChI=1S/C30H27NO3/c1-19-14-22(12-13-28(19)32-2)26-16-23-17-29(33-3)30(34-4)18-25(23)27(31-26)15-21-10-7-9-20-8-5-6-11-24(20)21/h5-14,16-18H,15H2,1-4H3. The van der Waals surface area contributed by atoms with Crippen LogP contribution < -0.4 is 14.2 Å². The Morgan fingerprint density at radius 2 is 1.38 bits per heavy atom. The van der Waals surface area contributed by atoms with Crippen molar-refractivity contribution in [2.75, 3.05) is 21.3 Å². The van der Waals surface area contributed by atoms with Crippen LogP contribution in [0.1, 0.15) is 16.8 Å². The molecular formula is C30H27NO3. The molecule has 0 unspecified atom stereocenters. The summed E-state index contributed by atoms with van der Waals surface area (Å²) in [7, 11) is 5.02. The Bertz CT molecular complexity index is 1500. The third-order valence-corrected chi connectivity index (χ3v) is 6.34. The highest BCUT2D eigenvalue weighted by Gasteiger charge is 2.15. The quantitative estimate of drug-likeness (QED) is 0.280. The molecule has 0 bridgehead atoms. The van der Waals surface area contributed by atoms with Crippen molar-refractivity contribution in [1.29, 1.82) is 0 Å². The maximum atomic E-state index is 5.61. The average molecular weight is 450 g/mol. The lowest BCUT2D eigenvalue weighted by Gasteiger charge is -2.15. The van der Waals surface area contributed by atoms with Gasteiger partial charge in [0.25, 0.3) is 0 Å². The summed E-state index contributed by atoms with van der Waals surface area (Å²) < 4.78 is 16.7. The molecule has 0 aliphatic carbocycles. The topological polar surface area (TPSA) is 40.6 Å². The number of ether oxygens (including phenoxy) is 3. The molecule has 4 nitrogen and oxygen atoms in total. The van der Waals surface area contributed by atoms with Crippen LogP contribution in [0.3, 0.4) is 0 Å². The summed E-state index contributed by atoms with van der Waals surface area (Å²) >= 11 is 0. The van der Waals surface area contributed by atoms with Crippen molar-refractivity contribution < 1.29 is 14.2 Å². The van der Waals surface area contributed by atoms with Crippen LogP contribution >= 0.6 is 0 Å². The highest BCUT2D eigenvalue weighted by atomic mass is 16.5. The number of fused-ring (bicyclic) bond motifs is 2. The number of benzene rings is 4. The summed E-state index contributed by atoms with van der Waals surface area (Å²) in [6.07, 6.45) is 0.705. The third-order valence-electron chi connectivity index (χ3n) is 6.34. The lowest BCUT2D eigenvalue weighted by atomic mass is 9.96. The van der Waals surface area contributed by atoms with Crippen molar-refractivity contribution in [3.8, 4) is 28.5 Å². The van der Waals surface area contributed by atoms with Crippen LogP contribution in [0, 0.1) is 6.92 Å². The lowest BCUT2D eigenvalue weighted by molar-refractivity contribution is 0.356. The number of pyridine rings is 1. The van der Waals surface area contributed by atoms with E-state index in [0.717, 1.165) is 39.0 Å². The fraction of sp³-hybridized carbons (Fsp3) is 0.167. The van der Waals surface area contributed by atoms with Crippen molar-refractivity contribution in [3.63, 3.8) is 0 Å². The van der Waals surface area contributed by atoms with Crippen LogP contribution in [0.25, 0.3) is 32.8 Å². The van der Waals surface area contributed by atoms with E-state index in [1.54, 1.807) is 21.3 Å². The molecule has 4 aromatic carbocycles. The van der Waals surface area contributed by atoms with Crippen LogP contribution in [-0.2, 0) is 6.42 Å². The van der Waals surface area contributed by atoms with Crippen LogP contribution in [0.4, 0.5) is 0 Å². The summed E-state index contributed by atoms with van der Waals surface area (Å²) in [6, 6.07) is 27.3. The van der Waals surface area contributed by atoms with Gasteiger partial charge in [0.1, 0.15) is 5.75 Å². The average Bonchev–Trinajstić information content (AvgIpc) is 2.88. The maximum absolute atomic E-state index is 5.61. The molecule has 0 fully saturated rings. The Labute approximate surface area is 199 Å². The Morgan fingerprint density at radius 1 is 0.647 bits per heavy atom. The summed E-state index contributed by atoms with van der Waals surface area (Å²) in [4.78, 5) is 5.16. The fourth-order valence-electron chi connectivity index (χ4n) is 4.60. The molecule has 5 rings (SSSR count). The van der Waals surface area contributed by atoms with Gasteiger partial charge in [0.15, 0.2) is 11.5 Å². The van der Waals surface area contributed by atoms with E-state index in [1.807, 2.05) is 25.1 Å².